The van der Waals surface area contributed by atoms with E-state index in [-0.39, 0.29) is 4.83 Å². The fourth-order valence-electron chi connectivity index (χ4n) is 3.23. The van der Waals surface area contributed by atoms with E-state index in [0.29, 0.717) is 0 Å². The van der Waals surface area contributed by atoms with Crippen LogP contribution >= 0.6 is 31.9 Å². The highest BCUT2D eigenvalue weighted by molar-refractivity contribution is 9.10. The Bertz CT molecular complexity index is 583. The highest BCUT2D eigenvalue weighted by atomic mass is 79.9. The number of benzene rings is 2. The Hall–Kier alpha value is -0.600. The minimum atomic E-state index is 0.260. The summed E-state index contributed by atoms with van der Waals surface area (Å²) in [5, 5.41) is 0. The van der Waals surface area contributed by atoms with Crippen molar-refractivity contribution in [3.05, 3.63) is 69.7 Å². The summed E-state index contributed by atoms with van der Waals surface area (Å²) >= 11 is 7.37. The van der Waals surface area contributed by atoms with E-state index < -0.39 is 0 Å². The molecular weight excluding hydrogens is 388 g/mol. The normalized spacial score (nSPS) is 17.6. The van der Waals surface area contributed by atoms with Crippen LogP contribution in [0.5, 0.6) is 0 Å². The quantitative estimate of drug-likeness (QED) is 0.481. The van der Waals surface area contributed by atoms with Gasteiger partial charge in [-0.15, -0.1) is 0 Å². The lowest BCUT2D eigenvalue weighted by Gasteiger charge is -2.22. The molecule has 0 N–H and O–H groups in total. The van der Waals surface area contributed by atoms with Crippen LogP contribution in [0.4, 0.5) is 0 Å². The fourth-order valence-corrected chi connectivity index (χ4v) is 4.24. The molecule has 1 fully saturated rings. The molecule has 0 nitrogen and oxygen atoms in total. The van der Waals surface area contributed by atoms with Gasteiger partial charge in [0.05, 0.1) is 4.83 Å². The van der Waals surface area contributed by atoms with Crippen molar-refractivity contribution in [2.45, 2.75) is 42.8 Å². The van der Waals surface area contributed by atoms with E-state index in [1.54, 1.807) is 0 Å². The molecule has 0 heterocycles. The Balaban J connectivity index is 1.77. The molecule has 1 atom stereocenters. The largest absolute Gasteiger partial charge is 0.0786 e. The molecule has 1 aliphatic rings. The molecule has 110 valence electrons. The number of hydrogen-bond donors (Lipinski definition) is 0. The van der Waals surface area contributed by atoms with Gasteiger partial charge < -0.3 is 0 Å². The summed E-state index contributed by atoms with van der Waals surface area (Å²) in [5.74, 6) is 0.785. The zero-order valence-corrected chi connectivity index (χ0v) is 15.2. The van der Waals surface area contributed by atoms with E-state index in [1.165, 1.54) is 48.8 Å². The van der Waals surface area contributed by atoms with Crippen molar-refractivity contribution in [1.82, 2.24) is 0 Å². The minimum Gasteiger partial charge on any atom is -0.0786 e. The summed E-state index contributed by atoms with van der Waals surface area (Å²) in [4.78, 5) is 0.260. The lowest BCUT2D eigenvalue weighted by molar-refractivity contribution is 0.443. The molecule has 0 amide bonds. The van der Waals surface area contributed by atoms with Gasteiger partial charge in [0.2, 0.25) is 0 Å². The van der Waals surface area contributed by atoms with Crippen LogP contribution in [0.15, 0.2) is 53.0 Å². The molecule has 1 unspecified atom stereocenters. The summed E-state index contributed by atoms with van der Waals surface area (Å²) < 4.78 is 1.13. The average molecular weight is 408 g/mol. The van der Waals surface area contributed by atoms with Crippen molar-refractivity contribution in [1.29, 1.82) is 0 Å². The third kappa shape index (κ3) is 3.78. The third-order valence-electron chi connectivity index (χ3n) is 4.45. The van der Waals surface area contributed by atoms with Crippen molar-refractivity contribution < 1.29 is 0 Å². The van der Waals surface area contributed by atoms with Gasteiger partial charge in [0.1, 0.15) is 0 Å². The van der Waals surface area contributed by atoms with Gasteiger partial charge in [-0.25, -0.2) is 0 Å². The van der Waals surface area contributed by atoms with E-state index in [9.17, 15) is 0 Å². The summed E-state index contributed by atoms with van der Waals surface area (Å²) in [6.45, 7) is 0. The molecule has 0 aliphatic heterocycles. The maximum atomic E-state index is 3.83. The van der Waals surface area contributed by atoms with E-state index >= 15 is 0 Å². The molecule has 0 aromatic heterocycles. The summed E-state index contributed by atoms with van der Waals surface area (Å²) in [6.07, 6.45) is 6.93. The van der Waals surface area contributed by atoms with Crippen molar-refractivity contribution in [2.24, 2.45) is 0 Å². The van der Waals surface area contributed by atoms with Gasteiger partial charge in [0, 0.05) is 4.47 Å². The van der Waals surface area contributed by atoms with E-state index in [0.717, 1.165) is 10.4 Å². The predicted molar refractivity (Wildman–Crippen MR) is 97.2 cm³/mol. The molecule has 0 spiro atoms. The first kappa shape index (κ1) is 15.3. The Morgan fingerprint density at radius 3 is 2.24 bits per heavy atom. The Morgan fingerprint density at radius 2 is 1.57 bits per heavy atom. The molecule has 1 aliphatic carbocycles. The molecule has 3 rings (SSSR count). The molecular formula is C19H20Br2. The molecule has 0 saturated heterocycles. The van der Waals surface area contributed by atoms with Crippen molar-refractivity contribution >= 4 is 31.9 Å². The number of hydrogen-bond acceptors (Lipinski definition) is 0. The summed E-state index contributed by atoms with van der Waals surface area (Å²) in [7, 11) is 0. The second-order valence-corrected chi connectivity index (χ2v) is 7.75. The molecule has 0 radical (unpaired) electrons. The Labute approximate surface area is 144 Å². The Morgan fingerprint density at radius 1 is 0.857 bits per heavy atom. The first-order valence-corrected chi connectivity index (χ1v) is 9.44. The van der Waals surface area contributed by atoms with Crippen LogP contribution in [0.3, 0.4) is 0 Å². The predicted octanol–water partition coefficient (Wildman–Crippen LogP) is 6.98. The van der Waals surface area contributed by atoms with Crippen molar-refractivity contribution in [3.63, 3.8) is 0 Å². The summed E-state index contributed by atoms with van der Waals surface area (Å²) in [5.41, 5.74) is 4.13. The van der Waals surface area contributed by atoms with Gasteiger partial charge in [-0.3, -0.25) is 0 Å². The average Bonchev–Trinajstić information content (AvgIpc) is 2.55. The van der Waals surface area contributed by atoms with Gasteiger partial charge in [-0.05, 0) is 47.6 Å². The van der Waals surface area contributed by atoms with Crippen LogP contribution in [0.2, 0.25) is 0 Å². The molecule has 21 heavy (non-hydrogen) atoms. The van der Waals surface area contributed by atoms with Crippen LogP contribution < -0.4 is 0 Å². The van der Waals surface area contributed by atoms with Crippen LogP contribution in [-0.2, 0) is 0 Å². The maximum Gasteiger partial charge on any atom is 0.0645 e. The molecule has 2 aromatic carbocycles. The van der Waals surface area contributed by atoms with E-state index in [2.05, 4.69) is 80.4 Å². The number of halogens is 2. The lowest BCUT2D eigenvalue weighted by atomic mass is 9.84. The SMILES string of the molecule is Brc1cccc(C(Br)c2ccc(C3CCCCC3)cc2)c1. The second-order valence-electron chi connectivity index (χ2n) is 5.92. The molecule has 2 heteroatoms. The van der Waals surface area contributed by atoms with Crippen molar-refractivity contribution in [2.75, 3.05) is 0 Å². The number of rotatable bonds is 3. The zero-order valence-electron chi connectivity index (χ0n) is 12.1. The minimum absolute atomic E-state index is 0.260. The zero-order chi connectivity index (χ0) is 14.7. The monoisotopic (exact) mass is 406 g/mol. The van der Waals surface area contributed by atoms with Gasteiger partial charge in [-0.1, -0.05) is 87.5 Å². The Kier molecular flexibility index (Phi) is 5.18. The van der Waals surface area contributed by atoms with Gasteiger partial charge in [0.25, 0.3) is 0 Å². The lowest BCUT2D eigenvalue weighted by Crippen LogP contribution is -2.04. The van der Waals surface area contributed by atoms with Gasteiger partial charge in [-0.2, -0.15) is 0 Å². The third-order valence-corrected chi connectivity index (χ3v) is 6.00. The highest BCUT2D eigenvalue weighted by Crippen LogP contribution is 2.35. The molecule has 2 aromatic rings. The van der Waals surface area contributed by atoms with Crippen LogP contribution in [-0.4, -0.2) is 0 Å². The smallest absolute Gasteiger partial charge is 0.0645 e. The van der Waals surface area contributed by atoms with Gasteiger partial charge >= 0.3 is 0 Å². The van der Waals surface area contributed by atoms with E-state index in [4.69, 9.17) is 0 Å². The summed E-state index contributed by atoms with van der Waals surface area (Å²) in [6, 6.07) is 17.7. The fraction of sp³-hybridized carbons (Fsp3) is 0.368. The first-order valence-electron chi connectivity index (χ1n) is 7.73. The van der Waals surface area contributed by atoms with Crippen LogP contribution in [0.1, 0.15) is 59.5 Å². The standard InChI is InChI=1S/C19H20Br2/c20-18-8-4-7-17(13-18)19(21)16-11-9-15(10-12-16)14-5-2-1-3-6-14/h4,7-14,19H,1-3,5-6H2. The number of alkyl halides is 1. The van der Waals surface area contributed by atoms with E-state index in [1.807, 2.05) is 0 Å². The first-order chi connectivity index (χ1) is 10.2. The second kappa shape index (κ2) is 7.11. The highest BCUT2D eigenvalue weighted by Gasteiger charge is 2.16. The van der Waals surface area contributed by atoms with Crippen LogP contribution in [0.25, 0.3) is 0 Å². The molecule has 1 saturated carbocycles. The van der Waals surface area contributed by atoms with Crippen LogP contribution in [0, 0.1) is 0 Å². The van der Waals surface area contributed by atoms with Gasteiger partial charge in [0.15, 0.2) is 0 Å². The maximum absolute atomic E-state index is 3.83. The molecule has 0 bridgehead atoms. The van der Waals surface area contributed by atoms with Crippen molar-refractivity contribution in [3.8, 4) is 0 Å². The topological polar surface area (TPSA) is 0 Å².